The molecule has 1 atom stereocenters. The van der Waals surface area contributed by atoms with Crippen molar-refractivity contribution in [1.82, 2.24) is 30.1 Å². The van der Waals surface area contributed by atoms with Crippen LogP contribution >= 0.6 is 0 Å². The molecule has 6 rings (SSSR count). The van der Waals surface area contributed by atoms with Crippen molar-refractivity contribution in [2.75, 3.05) is 19.7 Å². The maximum atomic E-state index is 13.7. The van der Waals surface area contributed by atoms with Crippen molar-refractivity contribution < 1.29 is 4.74 Å². The Morgan fingerprint density at radius 1 is 1.05 bits per heavy atom. The Bertz CT molecular complexity index is 1270. The molecule has 3 heterocycles. The highest BCUT2D eigenvalue weighted by molar-refractivity contribution is 5.80. The molecular weight excluding hydrogens is 464 g/mol. The van der Waals surface area contributed by atoms with Gasteiger partial charge in [0, 0.05) is 23.0 Å². The lowest BCUT2D eigenvalue weighted by molar-refractivity contribution is 0.0332. The number of fused-ring (bicyclic) bond motifs is 1. The third-order valence-corrected chi connectivity index (χ3v) is 9.10. The van der Waals surface area contributed by atoms with Crippen LogP contribution in [-0.2, 0) is 0 Å². The van der Waals surface area contributed by atoms with Crippen LogP contribution in [0.2, 0.25) is 0 Å². The SMILES string of the molecule is CCOc1ccc2[nH]c(=O)c([C@H](c3nnnn3C3CCCCC3)N3CCCC4(CCCCC4)C3)cc2c1. The number of benzene rings is 1. The van der Waals surface area contributed by atoms with Gasteiger partial charge in [-0.05, 0) is 92.1 Å². The first-order valence-corrected chi connectivity index (χ1v) is 14.5. The second kappa shape index (κ2) is 10.6. The van der Waals surface area contributed by atoms with Crippen molar-refractivity contribution in [1.29, 1.82) is 0 Å². The summed E-state index contributed by atoms with van der Waals surface area (Å²) in [6.07, 6.45) is 14.9. The van der Waals surface area contributed by atoms with Gasteiger partial charge >= 0.3 is 0 Å². The van der Waals surface area contributed by atoms with Gasteiger partial charge in [0.2, 0.25) is 0 Å². The molecule has 0 radical (unpaired) electrons. The number of aromatic amines is 1. The molecular formula is C29H40N6O2. The van der Waals surface area contributed by atoms with E-state index in [2.05, 4.69) is 36.2 Å². The fourth-order valence-electron chi connectivity index (χ4n) is 7.30. The van der Waals surface area contributed by atoms with Gasteiger partial charge in [0.05, 0.1) is 12.6 Å². The molecule has 1 N–H and O–H groups in total. The van der Waals surface area contributed by atoms with Gasteiger partial charge in [-0.1, -0.05) is 38.5 Å². The first-order valence-electron chi connectivity index (χ1n) is 14.5. The fraction of sp³-hybridized carbons (Fsp3) is 0.655. The Hall–Kier alpha value is -2.74. The minimum Gasteiger partial charge on any atom is -0.494 e. The van der Waals surface area contributed by atoms with E-state index in [-0.39, 0.29) is 11.6 Å². The van der Waals surface area contributed by atoms with Crippen LogP contribution in [0.5, 0.6) is 5.75 Å². The van der Waals surface area contributed by atoms with Crippen LogP contribution < -0.4 is 10.3 Å². The van der Waals surface area contributed by atoms with Crippen molar-refractivity contribution in [3.05, 3.63) is 46.0 Å². The smallest absolute Gasteiger partial charge is 0.253 e. The molecule has 0 unspecified atom stereocenters. The number of nitrogens with one attached hydrogen (secondary N) is 1. The van der Waals surface area contributed by atoms with Gasteiger partial charge in [0.1, 0.15) is 11.8 Å². The fourth-order valence-corrected chi connectivity index (χ4v) is 7.30. The van der Waals surface area contributed by atoms with E-state index in [0.29, 0.717) is 18.1 Å². The maximum Gasteiger partial charge on any atom is 0.253 e. The van der Waals surface area contributed by atoms with Gasteiger partial charge in [0.15, 0.2) is 5.82 Å². The van der Waals surface area contributed by atoms with E-state index < -0.39 is 0 Å². The van der Waals surface area contributed by atoms with E-state index in [1.807, 2.05) is 25.1 Å². The number of ether oxygens (including phenoxy) is 1. The maximum absolute atomic E-state index is 13.7. The zero-order chi connectivity index (χ0) is 25.2. The predicted molar refractivity (Wildman–Crippen MR) is 144 cm³/mol. The molecule has 1 saturated heterocycles. The molecule has 3 fully saturated rings. The lowest BCUT2D eigenvalue weighted by Gasteiger charge is -2.47. The molecule has 0 amide bonds. The summed E-state index contributed by atoms with van der Waals surface area (Å²) < 4.78 is 7.83. The summed E-state index contributed by atoms with van der Waals surface area (Å²) in [6, 6.07) is 7.98. The zero-order valence-corrected chi connectivity index (χ0v) is 22.1. The van der Waals surface area contributed by atoms with Crippen LogP contribution in [0.15, 0.2) is 29.1 Å². The standard InChI is InChI=1S/C29H40N6O2/c1-2-37-23-12-13-25-21(18-23)19-24(28(36)30-25)26(27-31-32-33-35(27)22-10-5-3-6-11-22)34-17-9-16-29(20-34)14-7-4-8-15-29/h12-13,18-19,22,26H,2-11,14-17,20H2,1H3,(H,30,36)/t26-/m1/s1. The quantitative estimate of drug-likeness (QED) is 0.473. The van der Waals surface area contributed by atoms with Crippen LogP contribution in [0.25, 0.3) is 10.9 Å². The molecule has 198 valence electrons. The normalized spacial score (nSPS) is 21.9. The first-order chi connectivity index (χ1) is 18.2. The minimum absolute atomic E-state index is 0.0527. The van der Waals surface area contributed by atoms with Crippen LogP contribution in [0.4, 0.5) is 0 Å². The Morgan fingerprint density at radius 3 is 2.65 bits per heavy atom. The van der Waals surface area contributed by atoms with Crippen molar-refractivity contribution in [2.45, 2.75) is 96.1 Å². The van der Waals surface area contributed by atoms with E-state index in [0.717, 1.165) is 60.4 Å². The molecule has 2 aromatic heterocycles. The number of tetrazole rings is 1. The van der Waals surface area contributed by atoms with Crippen LogP contribution in [-0.4, -0.2) is 49.8 Å². The highest BCUT2D eigenvalue weighted by Crippen LogP contribution is 2.46. The van der Waals surface area contributed by atoms with Crippen LogP contribution in [0.3, 0.4) is 0 Å². The molecule has 2 aliphatic carbocycles. The van der Waals surface area contributed by atoms with E-state index in [1.54, 1.807) is 0 Å². The molecule has 1 spiro atoms. The van der Waals surface area contributed by atoms with E-state index in [4.69, 9.17) is 4.74 Å². The summed E-state index contributed by atoms with van der Waals surface area (Å²) in [4.78, 5) is 19.4. The summed E-state index contributed by atoms with van der Waals surface area (Å²) in [5, 5.41) is 14.3. The molecule has 8 nitrogen and oxygen atoms in total. The van der Waals surface area contributed by atoms with Gasteiger partial charge in [-0.15, -0.1) is 5.10 Å². The Balaban J connectivity index is 1.45. The molecule has 37 heavy (non-hydrogen) atoms. The highest BCUT2D eigenvalue weighted by atomic mass is 16.5. The van der Waals surface area contributed by atoms with Crippen molar-refractivity contribution >= 4 is 10.9 Å². The number of aromatic nitrogens is 5. The van der Waals surface area contributed by atoms with E-state index in [9.17, 15) is 4.79 Å². The average Bonchev–Trinajstić information content (AvgIpc) is 3.40. The van der Waals surface area contributed by atoms with Gasteiger partial charge in [-0.25, -0.2) is 4.68 Å². The average molecular weight is 505 g/mol. The second-order valence-corrected chi connectivity index (χ2v) is 11.5. The lowest BCUT2D eigenvalue weighted by atomic mass is 9.69. The molecule has 2 saturated carbocycles. The number of H-pyrrole nitrogens is 1. The number of likely N-dealkylation sites (tertiary alicyclic amines) is 1. The Labute approximate surface area is 218 Å². The van der Waals surface area contributed by atoms with Gasteiger partial charge in [-0.2, -0.15) is 0 Å². The number of nitrogens with zero attached hydrogens (tertiary/aromatic N) is 5. The summed E-state index contributed by atoms with van der Waals surface area (Å²) in [6.45, 7) is 4.56. The van der Waals surface area contributed by atoms with Gasteiger partial charge in [0.25, 0.3) is 5.56 Å². The molecule has 8 heteroatoms. The largest absolute Gasteiger partial charge is 0.494 e. The van der Waals surface area contributed by atoms with Crippen molar-refractivity contribution in [3.8, 4) is 5.75 Å². The van der Waals surface area contributed by atoms with Crippen molar-refractivity contribution in [2.24, 2.45) is 5.41 Å². The third kappa shape index (κ3) is 4.92. The Kier molecular flexibility index (Phi) is 7.02. The van der Waals surface area contributed by atoms with E-state index >= 15 is 0 Å². The molecule has 0 bridgehead atoms. The van der Waals surface area contributed by atoms with Gasteiger partial charge in [-0.3, -0.25) is 9.69 Å². The first kappa shape index (κ1) is 24.6. The summed E-state index contributed by atoms with van der Waals surface area (Å²) in [5.74, 6) is 1.64. The van der Waals surface area contributed by atoms with Crippen LogP contribution in [0, 0.1) is 5.41 Å². The van der Waals surface area contributed by atoms with E-state index in [1.165, 1.54) is 57.8 Å². The minimum atomic E-state index is -0.264. The lowest BCUT2D eigenvalue weighted by Crippen LogP contribution is -2.47. The third-order valence-electron chi connectivity index (χ3n) is 9.10. The summed E-state index contributed by atoms with van der Waals surface area (Å²) >= 11 is 0. The monoisotopic (exact) mass is 504 g/mol. The van der Waals surface area contributed by atoms with Gasteiger partial charge < -0.3 is 9.72 Å². The number of piperidine rings is 1. The molecule has 3 aromatic rings. The number of pyridine rings is 1. The highest BCUT2D eigenvalue weighted by Gasteiger charge is 2.41. The summed E-state index contributed by atoms with van der Waals surface area (Å²) in [7, 11) is 0. The predicted octanol–water partition coefficient (Wildman–Crippen LogP) is 5.55. The van der Waals surface area contributed by atoms with Crippen molar-refractivity contribution in [3.63, 3.8) is 0 Å². The molecule has 1 aliphatic heterocycles. The second-order valence-electron chi connectivity index (χ2n) is 11.5. The number of hydrogen-bond acceptors (Lipinski definition) is 6. The van der Waals surface area contributed by atoms with Crippen LogP contribution in [0.1, 0.15) is 107 Å². The molecule has 1 aromatic carbocycles. The topological polar surface area (TPSA) is 88.9 Å². The molecule has 3 aliphatic rings. The summed E-state index contributed by atoms with van der Waals surface area (Å²) in [5.41, 5.74) is 1.86. The number of rotatable bonds is 6. The zero-order valence-electron chi connectivity index (χ0n) is 22.1. The Morgan fingerprint density at radius 2 is 1.84 bits per heavy atom. The number of hydrogen-bond donors (Lipinski definition) is 1.